The van der Waals surface area contributed by atoms with E-state index in [1.165, 1.54) is 0 Å². The summed E-state index contributed by atoms with van der Waals surface area (Å²) in [6, 6.07) is 0. The molecule has 0 aliphatic carbocycles. The predicted octanol–water partition coefficient (Wildman–Crippen LogP) is -1.79. The molecule has 1 saturated heterocycles. The Morgan fingerprint density at radius 1 is 1.33 bits per heavy atom. The van der Waals surface area contributed by atoms with Gasteiger partial charge < -0.3 is 29.9 Å². The number of hydrogen-bond acceptors (Lipinski definition) is 7. The molecule has 0 radical (unpaired) electrons. The quantitative estimate of drug-likeness (QED) is 0.196. The SMILES string of the molecule is [N-]=[N+]=NCCO[C@@H]1OC(C(=O)O)C(O)C(O)C1O. The third kappa shape index (κ3) is 3.29. The number of hydrogen-bond donors (Lipinski definition) is 4. The molecule has 4 unspecified atom stereocenters. The van der Waals surface area contributed by atoms with Crippen LogP contribution in [-0.2, 0) is 14.3 Å². The van der Waals surface area contributed by atoms with Crippen LogP contribution in [0.2, 0.25) is 0 Å². The number of nitrogens with zero attached hydrogens (tertiary/aromatic N) is 3. The number of aliphatic hydroxyl groups excluding tert-OH is 3. The highest BCUT2D eigenvalue weighted by molar-refractivity contribution is 5.73. The molecule has 1 aliphatic rings. The average molecular weight is 263 g/mol. The van der Waals surface area contributed by atoms with E-state index in [0.29, 0.717) is 0 Å². The second kappa shape index (κ2) is 6.50. The monoisotopic (exact) mass is 263 g/mol. The Hall–Kier alpha value is -1.42. The molecule has 0 aromatic heterocycles. The highest BCUT2D eigenvalue weighted by Gasteiger charge is 2.47. The molecule has 10 heteroatoms. The molecule has 1 rings (SSSR count). The van der Waals surface area contributed by atoms with E-state index >= 15 is 0 Å². The van der Waals surface area contributed by atoms with Crippen molar-refractivity contribution < 1.29 is 34.7 Å². The third-order valence-electron chi connectivity index (χ3n) is 2.35. The summed E-state index contributed by atoms with van der Waals surface area (Å²) >= 11 is 0. The minimum atomic E-state index is -1.76. The lowest BCUT2D eigenvalue weighted by Crippen LogP contribution is -2.60. The molecule has 1 aliphatic heterocycles. The Kier molecular flexibility index (Phi) is 5.28. The average Bonchev–Trinajstić information content (AvgIpc) is 2.33. The lowest BCUT2D eigenvalue weighted by atomic mass is 9.99. The summed E-state index contributed by atoms with van der Waals surface area (Å²) < 4.78 is 9.73. The summed E-state index contributed by atoms with van der Waals surface area (Å²) in [4.78, 5) is 13.2. The molecule has 1 heterocycles. The van der Waals surface area contributed by atoms with Gasteiger partial charge in [0.15, 0.2) is 12.4 Å². The lowest BCUT2D eigenvalue weighted by molar-refractivity contribution is -0.293. The summed E-state index contributed by atoms with van der Waals surface area (Å²) in [5, 5.41) is 40.2. The minimum Gasteiger partial charge on any atom is -0.479 e. The van der Waals surface area contributed by atoms with Crippen LogP contribution in [0, 0.1) is 0 Å². The van der Waals surface area contributed by atoms with Crippen LogP contribution in [0.5, 0.6) is 0 Å². The maximum atomic E-state index is 10.7. The van der Waals surface area contributed by atoms with Crippen LogP contribution in [0.15, 0.2) is 5.11 Å². The summed E-state index contributed by atoms with van der Waals surface area (Å²) in [6.45, 7) is -0.166. The summed E-state index contributed by atoms with van der Waals surface area (Å²) in [6.07, 6.45) is -8.17. The number of azide groups is 1. The van der Waals surface area contributed by atoms with Gasteiger partial charge in [0, 0.05) is 11.5 Å². The molecule has 0 aromatic carbocycles. The second-order valence-corrected chi connectivity index (χ2v) is 3.56. The fourth-order valence-electron chi connectivity index (χ4n) is 1.44. The van der Waals surface area contributed by atoms with Gasteiger partial charge in [0.1, 0.15) is 18.3 Å². The van der Waals surface area contributed by atoms with Crippen molar-refractivity contribution in [1.82, 2.24) is 0 Å². The number of carbonyl (C=O) groups is 1. The van der Waals surface area contributed by atoms with Crippen LogP contribution >= 0.6 is 0 Å². The maximum Gasteiger partial charge on any atom is 0.335 e. The first kappa shape index (κ1) is 14.6. The van der Waals surface area contributed by atoms with E-state index < -0.39 is 36.7 Å². The molecule has 18 heavy (non-hydrogen) atoms. The predicted molar refractivity (Wildman–Crippen MR) is 54.3 cm³/mol. The molecule has 102 valence electrons. The molecule has 0 saturated carbocycles. The van der Waals surface area contributed by atoms with E-state index in [-0.39, 0.29) is 13.2 Å². The van der Waals surface area contributed by atoms with Gasteiger partial charge in [-0.3, -0.25) is 0 Å². The zero-order valence-corrected chi connectivity index (χ0v) is 9.16. The first-order chi connectivity index (χ1) is 8.49. The topological polar surface area (TPSA) is 165 Å². The Balaban J connectivity index is 2.61. The molecule has 0 amide bonds. The van der Waals surface area contributed by atoms with Crippen molar-refractivity contribution in [3.8, 4) is 0 Å². The van der Waals surface area contributed by atoms with Gasteiger partial charge in [-0.1, -0.05) is 5.11 Å². The van der Waals surface area contributed by atoms with Gasteiger partial charge in [0.25, 0.3) is 0 Å². The Morgan fingerprint density at radius 2 is 2.00 bits per heavy atom. The van der Waals surface area contributed by atoms with Crippen molar-refractivity contribution in [2.24, 2.45) is 5.11 Å². The van der Waals surface area contributed by atoms with Crippen LogP contribution in [0.25, 0.3) is 10.4 Å². The molecule has 4 N–H and O–H groups in total. The van der Waals surface area contributed by atoms with Crippen LogP contribution in [-0.4, -0.2) is 70.3 Å². The molecule has 1 fully saturated rings. The molecule has 0 spiro atoms. The number of aliphatic hydroxyl groups is 3. The van der Waals surface area contributed by atoms with E-state index in [4.69, 9.17) is 20.1 Å². The zero-order chi connectivity index (χ0) is 13.7. The van der Waals surface area contributed by atoms with Gasteiger partial charge in [-0.25, -0.2) is 4.79 Å². The largest absolute Gasteiger partial charge is 0.479 e. The molecule has 5 atom stereocenters. The Morgan fingerprint density at radius 3 is 2.56 bits per heavy atom. The van der Waals surface area contributed by atoms with Crippen LogP contribution < -0.4 is 0 Å². The van der Waals surface area contributed by atoms with Crippen molar-refractivity contribution in [1.29, 1.82) is 0 Å². The van der Waals surface area contributed by atoms with Crippen LogP contribution in [0.3, 0.4) is 0 Å². The van der Waals surface area contributed by atoms with Crippen LogP contribution in [0.4, 0.5) is 0 Å². The fourth-order valence-corrected chi connectivity index (χ4v) is 1.44. The fraction of sp³-hybridized carbons (Fsp3) is 0.875. The number of rotatable bonds is 5. The standard InChI is InChI=1S/C8H13N3O7/c9-11-10-1-2-17-8-5(14)3(12)4(13)6(18-8)7(15)16/h3-6,8,12-14H,1-2H2,(H,15,16)/t3?,4?,5?,6?,8-/m1/s1. The number of carboxylic acid groups (broad SMARTS) is 1. The lowest BCUT2D eigenvalue weighted by Gasteiger charge is -2.38. The summed E-state index contributed by atoms with van der Waals surface area (Å²) in [5.41, 5.74) is 8.02. The van der Waals surface area contributed by atoms with E-state index in [1.807, 2.05) is 0 Å². The van der Waals surface area contributed by atoms with E-state index in [0.717, 1.165) is 0 Å². The number of aliphatic carboxylic acids is 1. The van der Waals surface area contributed by atoms with Gasteiger partial charge in [0.05, 0.1) is 6.61 Å². The van der Waals surface area contributed by atoms with E-state index in [9.17, 15) is 20.1 Å². The molecule has 0 aromatic rings. The van der Waals surface area contributed by atoms with Crippen molar-refractivity contribution in [2.45, 2.75) is 30.7 Å². The first-order valence-electron chi connectivity index (χ1n) is 5.04. The number of ether oxygens (including phenoxy) is 2. The minimum absolute atomic E-state index is 0.0422. The highest BCUT2D eigenvalue weighted by atomic mass is 16.7. The Labute approximate surface area is 101 Å². The van der Waals surface area contributed by atoms with Gasteiger partial charge in [0.2, 0.25) is 0 Å². The first-order valence-corrected chi connectivity index (χ1v) is 5.04. The number of carboxylic acids is 1. The normalized spacial score (nSPS) is 35.8. The second-order valence-electron chi connectivity index (χ2n) is 3.56. The van der Waals surface area contributed by atoms with E-state index in [2.05, 4.69) is 10.0 Å². The van der Waals surface area contributed by atoms with Gasteiger partial charge >= 0.3 is 5.97 Å². The van der Waals surface area contributed by atoms with Gasteiger partial charge in [-0.2, -0.15) is 0 Å². The van der Waals surface area contributed by atoms with Crippen molar-refractivity contribution >= 4 is 5.97 Å². The van der Waals surface area contributed by atoms with Crippen molar-refractivity contribution in [3.63, 3.8) is 0 Å². The van der Waals surface area contributed by atoms with E-state index in [1.54, 1.807) is 0 Å². The smallest absolute Gasteiger partial charge is 0.335 e. The highest BCUT2D eigenvalue weighted by Crippen LogP contribution is 2.22. The third-order valence-corrected chi connectivity index (χ3v) is 2.35. The molecule has 10 nitrogen and oxygen atoms in total. The summed E-state index contributed by atoms with van der Waals surface area (Å²) in [5.74, 6) is -1.49. The maximum absolute atomic E-state index is 10.7. The van der Waals surface area contributed by atoms with Gasteiger partial charge in [-0.15, -0.1) is 0 Å². The summed E-state index contributed by atoms with van der Waals surface area (Å²) in [7, 11) is 0. The van der Waals surface area contributed by atoms with Crippen molar-refractivity contribution in [2.75, 3.05) is 13.2 Å². The molecular weight excluding hydrogens is 250 g/mol. The zero-order valence-electron chi connectivity index (χ0n) is 9.16. The Bertz CT molecular complexity index is 346. The molecular formula is C8H13N3O7. The van der Waals surface area contributed by atoms with Crippen LogP contribution in [0.1, 0.15) is 0 Å². The van der Waals surface area contributed by atoms with Gasteiger partial charge in [-0.05, 0) is 5.53 Å². The van der Waals surface area contributed by atoms with Crippen molar-refractivity contribution in [3.05, 3.63) is 10.4 Å². The molecule has 0 bridgehead atoms.